The summed E-state index contributed by atoms with van der Waals surface area (Å²) < 4.78 is 7.12. The molecule has 6 nitrogen and oxygen atoms in total. The van der Waals surface area contributed by atoms with Crippen LogP contribution in [-0.4, -0.2) is 27.3 Å². The summed E-state index contributed by atoms with van der Waals surface area (Å²) in [6, 6.07) is 3.61. The molecule has 0 spiro atoms. The molecule has 0 saturated heterocycles. The number of rotatable bonds is 6. The van der Waals surface area contributed by atoms with Gasteiger partial charge in [-0.25, -0.2) is 0 Å². The van der Waals surface area contributed by atoms with Gasteiger partial charge in [0.2, 0.25) is 5.91 Å². The Morgan fingerprint density at radius 2 is 2.29 bits per heavy atom. The number of nitrogens with zero attached hydrogens (tertiary/aromatic N) is 2. The van der Waals surface area contributed by atoms with Crippen LogP contribution in [0.2, 0.25) is 0 Å². The van der Waals surface area contributed by atoms with E-state index in [1.54, 1.807) is 37.0 Å². The van der Waals surface area contributed by atoms with E-state index in [0.29, 0.717) is 24.3 Å². The van der Waals surface area contributed by atoms with Gasteiger partial charge in [-0.15, -0.1) is 0 Å². The van der Waals surface area contributed by atoms with Crippen molar-refractivity contribution in [3.8, 4) is 0 Å². The maximum atomic E-state index is 11.8. The van der Waals surface area contributed by atoms with E-state index in [1.165, 1.54) is 0 Å². The normalized spacial score (nSPS) is 13.9. The monoisotopic (exact) mass is 291 g/mol. The predicted octanol–water partition coefficient (Wildman–Crippen LogP) is 1.51. The molecule has 2 aromatic rings. The van der Waals surface area contributed by atoms with Crippen molar-refractivity contribution in [2.24, 2.45) is 0 Å². The van der Waals surface area contributed by atoms with Crippen LogP contribution in [-0.2, 0) is 16.9 Å². The van der Waals surface area contributed by atoms with E-state index in [1.807, 2.05) is 13.0 Å². The van der Waals surface area contributed by atoms with Crippen LogP contribution >= 0.6 is 0 Å². The van der Waals surface area contributed by atoms with Crippen molar-refractivity contribution in [3.63, 3.8) is 0 Å². The summed E-state index contributed by atoms with van der Waals surface area (Å²) in [6.07, 6.45) is 3.80. The average Bonchev–Trinajstić information content (AvgIpc) is 3.04. The molecular weight excluding hydrogens is 270 g/mol. The number of hydrogen-bond donors (Lipinski definition) is 2. The quantitative estimate of drug-likeness (QED) is 0.845. The molecule has 0 radical (unpaired) electrons. The van der Waals surface area contributed by atoms with Gasteiger partial charge in [-0.1, -0.05) is 0 Å². The summed E-state index contributed by atoms with van der Waals surface area (Å²) in [7, 11) is 0. The van der Waals surface area contributed by atoms with Crippen molar-refractivity contribution >= 4 is 5.91 Å². The highest BCUT2D eigenvalue weighted by Gasteiger charge is 2.28. The first kappa shape index (κ1) is 15.3. The molecule has 0 saturated carbocycles. The zero-order valence-corrected chi connectivity index (χ0v) is 12.6. The Bertz CT molecular complexity index is 600. The van der Waals surface area contributed by atoms with Crippen LogP contribution in [0.15, 0.2) is 28.9 Å². The number of carbonyl (C=O) groups excluding carboxylic acids is 1. The van der Waals surface area contributed by atoms with Crippen LogP contribution in [0, 0.1) is 13.8 Å². The van der Waals surface area contributed by atoms with Gasteiger partial charge in [-0.3, -0.25) is 9.48 Å². The lowest BCUT2D eigenvalue weighted by molar-refractivity contribution is -0.122. The second-order valence-electron chi connectivity index (χ2n) is 5.40. The van der Waals surface area contributed by atoms with E-state index in [4.69, 9.17) is 4.42 Å². The van der Waals surface area contributed by atoms with E-state index in [9.17, 15) is 9.90 Å². The summed E-state index contributed by atoms with van der Waals surface area (Å²) >= 11 is 0. The van der Waals surface area contributed by atoms with Crippen LogP contribution in [0.5, 0.6) is 0 Å². The Labute approximate surface area is 123 Å². The molecule has 1 amide bonds. The van der Waals surface area contributed by atoms with E-state index in [-0.39, 0.29) is 12.5 Å². The van der Waals surface area contributed by atoms with Gasteiger partial charge < -0.3 is 14.8 Å². The smallest absolute Gasteiger partial charge is 0.221 e. The molecule has 0 aliphatic heterocycles. The second-order valence-corrected chi connectivity index (χ2v) is 5.40. The summed E-state index contributed by atoms with van der Waals surface area (Å²) in [6.45, 7) is 5.96. The molecule has 0 aromatic carbocycles. The van der Waals surface area contributed by atoms with Crippen molar-refractivity contribution < 1.29 is 14.3 Å². The van der Waals surface area contributed by atoms with E-state index in [0.717, 1.165) is 5.76 Å². The zero-order valence-electron chi connectivity index (χ0n) is 12.6. The molecule has 0 fully saturated rings. The van der Waals surface area contributed by atoms with Gasteiger partial charge in [0.05, 0.1) is 6.54 Å². The van der Waals surface area contributed by atoms with Crippen LogP contribution in [0.3, 0.4) is 0 Å². The lowest BCUT2D eigenvalue weighted by Crippen LogP contribution is -2.39. The lowest BCUT2D eigenvalue weighted by atomic mass is 9.96. The first-order chi connectivity index (χ1) is 9.88. The van der Waals surface area contributed by atoms with Crippen molar-refractivity contribution in [2.75, 3.05) is 6.54 Å². The molecule has 0 bridgehead atoms. The molecule has 0 aliphatic rings. The molecule has 6 heteroatoms. The second kappa shape index (κ2) is 6.13. The van der Waals surface area contributed by atoms with Gasteiger partial charge in [-0.2, -0.15) is 5.10 Å². The highest BCUT2D eigenvalue weighted by molar-refractivity contribution is 5.75. The number of hydrogen-bond acceptors (Lipinski definition) is 4. The standard InChI is InChI=1S/C15H21N3O3/c1-11-9-13(12(2)21-11)15(3,20)10-16-14(19)5-8-18-7-4-6-17-18/h4,6-7,9,20H,5,8,10H2,1-3H3,(H,16,19). The first-order valence-electron chi connectivity index (χ1n) is 6.92. The summed E-state index contributed by atoms with van der Waals surface area (Å²) in [5, 5.41) is 17.3. The molecule has 1 atom stereocenters. The fraction of sp³-hybridized carbons (Fsp3) is 0.467. The molecule has 2 heterocycles. The molecule has 2 rings (SSSR count). The molecule has 114 valence electrons. The molecule has 2 aromatic heterocycles. The van der Waals surface area contributed by atoms with Gasteiger partial charge in [0.25, 0.3) is 0 Å². The molecule has 0 aliphatic carbocycles. The minimum Gasteiger partial charge on any atom is -0.466 e. The molecule has 2 N–H and O–H groups in total. The van der Waals surface area contributed by atoms with Crippen molar-refractivity contribution in [3.05, 3.63) is 41.6 Å². The minimum absolute atomic E-state index is 0.122. The Hall–Kier alpha value is -2.08. The van der Waals surface area contributed by atoms with Gasteiger partial charge in [0.1, 0.15) is 17.1 Å². The summed E-state index contributed by atoms with van der Waals surface area (Å²) in [4.78, 5) is 11.8. The Morgan fingerprint density at radius 3 is 2.86 bits per heavy atom. The summed E-state index contributed by atoms with van der Waals surface area (Å²) in [5.74, 6) is 1.29. The predicted molar refractivity (Wildman–Crippen MR) is 77.6 cm³/mol. The molecule has 1 unspecified atom stereocenters. The van der Waals surface area contributed by atoms with Gasteiger partial charge in [0, 0.05) is 30.9 Å². The molecular formula is C15H21N3O3. The number of nitrogens with one attached hydrogen (secondary N) is 1. The SMILES string of the molecule is Cc1cc(C(C)(O)CNC(=O)CCn2cccn2)c(C)o1. The number of aromatic nitrogens is 2. The van der Waals surface area contributed by atoms with Crippen molar-refractivity contribution in [1.29, 1.82) is 0 Å². The summed E-state index contributed by atoms with van der Waals surface area (Å²) in [5.41, 5.74) is -0.448. The third kappa shape index (κ3) is 3.95. The highest BCUT2D eigenvalue weighted by Crippen LogP contribution is 2.26. The van der Waals surface area contributed by atoms with Crippen LogP contribution in [0.4, 0.5) is 0 Å². The topological polar surface area (TPSA) is 80.3 Å². The maximum Gasteiger partial charge on any atom is 0.221 e. The number of amides is 1. The third-order valence-electron chi connectivity index (χ3n) is 3.38. The number of aliphatic hydroxyl groups is 1. The van der Waals surface area contributed by atoms with Gasteiger partial charge >= 0.3 is 0 Å². The Morgan fingerprint density at radius 1 is 1.52 bits per heavy atom. The van der Waals surface area contributed by atoms with E-state index < -0.39 is 5.60 Å². The zero-order chi connectivity index (χ0) is 15.5. The van der Waals surface area contributed by atoms with E-state index in [2.05, 4.69) is 10.4 Å². The van der Waals surface area contributed by atoms with Gasteiger partial charge in [0.15, 0.2) is 0 Å². The van der Waals surface area contributed by atoms with E-state index >= 15 is 0 Å². The third-order valence-corrected chi connectivity index (χ3v) is 3.38. The highest BCUT2D eigenvalue weighted by atomic mass is 16.3. The van der Waals surface area contributed by atoms with Crippen molar-refractivity contribution in [2.45, 2.75) is 39.3 Å². The van der Waals surface area contributed by atoms with Crippen LogP contribution in [0.25, 0.3) is 0 Å². The lowest BCUT2D eigenvalue weighted by Gasteiger charge is -2.23. The number of furan rings is 1. The van der Waals surface area contributed by atoms with Crippen LogP contribution < -0.4 is 5.32 Å². The fourth-order valence-corrected chi connectivity index (χ4v) is 2.27. The fourth-order valence-electron chi connectivity index (χ4n) is 2.27. The Balaban J connectivity index is 1.86. The maximum absolute atomic E-state index is 11.8. The minimum atomic E-state index is -1.15. The average molecular weight is 291 g/mol. The molecule has 21 heavy (non-hydrogen) atoms. The van der Waals surface area contributed by atoms with Crippen molar-refractivity contribution in [1.82, 2.24) is 15.1 Å². The van der Waals surface area contributed by atoms with Gasteiger partial charge in [-0.05, 0) is 32.9 Å². The van der Waals surface area contributed by atoms with Crippen LogP contribution in [0.1, 0.15) is 30.4 Å². The number of aryl methyl sites for hydroxylation is 3. The number of carbonyl (C=O) groups is 1. The largest absolute Gasteiger partial charge is 0.466 e. The first-order valence-corrected chi connectivity index (χ1v) is 6.92. The Kier molecular flexibility index (Phi) is 4.47.